The van der Waals surface area contributed by atoms with E-state index in [2.05, 4.69) is 34.6 Å². The molecule has 0 saturated carbocycles. The molecule has 0 bridgehead atoms. The molecule has 146 valence electrons. The zero-order valence-corrected chi connectivity index (χ0v) is 17.2. The minimum absolute atomic E-state index is 0.0258. The molecule has 1 amide bonds. The van der Waals surface area contributed by atoms with Gasteiger partial charge in [-0.15, -0.1) is 0 Å². The predicted molar refractivity (Wildman–Crippen MR) is 117 cm³/mol. The van der Waals surface area contributed by atoms with E-state index in [1.807, 2.05) is 36.3 Å². The molecule has 1 fully saturated rings. The van der Waals surface area contributed by atoms with E-state index in [0.717, 1.165) is 47.5 Å². The second-order valence-electron chi connectivity index (χ2n) is 7.30. The summed E-state index contributed by atoms with van der Waals surface area (Å²) in [6.45, 7) is 5.07. The molecule has 3 atom stereocenters. The minimum atomic E-state index is 0.0258. The normalized spacial score (nSPS) is 25.3. The number of piperazine rings is 1. The summed E-state index contributed by atoms with van der Waals surface area (Å²) in [7, 11) is 2.33. The third kappa shape index (κ3) is 3.62. The zero-order chi connectivity index (χ0) is 19.7. The number of carbonyl (C=O) groups excluding carboxylic acids is 1. The van der Waals surface area contributed by atoms with Gasteiger partial charge in [0.15, 0.2) is 0 Å². The van der Waals surface area contributed by atoms with Crippen LogP contribution in [-0.4, -0.2) is 60.4 Å². The Labute approximate surface area is 167 Å². The van der Waals surface area contributed by atoms with Crippen LogP contribution in [0.25, 0.3) is 5.31 Å². The fourth-order valence-corrected chi connectivity index (χ4v) is 5.24. The molecule has 0 radical (unpaired) electrons. The first-order chi connectivity index (χ1) is 13.6. The van der Waals surface area contributed by atoms with Crippen LogP contribution in [0.4, 0.5) is 5.69 Å². The number of nitrogens with one attached hydrogen (secondary N) is 3. The Hall–Kier alpha value is -2.43. The highest BCUT2D eigenvalue weighted by molar-refractivity contribution is 7.51. The fraction of sp³-hybridized carbons (Fsp3) is 0.333. The van der Waals surface area contributed by atoms with Gasteiger partial charge in [0.2, 0.25) is 0 Å². The molecule has 1 saturated heterocycles. The third-order valence-corrected chi connectivity index (χ3v) is 6.88. The summed E-state index contributed by atoms with van der Waals surface area (Å²) in [6, 6.07) is 6.43. The van der Waals surface area contributed by atoms with Crippen LogP contribution in [-0.2, 0) is 4.79 Å². The Balaban J connectivity index is 1.57. The molecule has 0 aromatic heterocycles. The second-order valence-corrected chi connectivity index (χ2v) is 8.72. The van der Waals surface area contributed by atoms with Crippen molar-refractivity contribution in [3.8, 4) is 0 Å². The van der Waals surface area contributed by atoms with Crippen LogP contribution in [0.5, 0.6) is 0 Å². The predicted octanol–water partition coefficient (Wildman–Crippen LogP) is 2.62. The number of hydrogen-bond donors (Lipinski definition) is 3. The largest absolute Gasteiger partial charge is 0.388 e. The molecular formula is C21H26N5OP. The lowest BCUT2D eigenvalue weighted by Gasteiger charge is -2.39. The van der Waals surface area contributed by atoms with Gasteiger partial charge < -0.3 is 25.8 Å². The summed E-state index contributed by atoms with van der Waals surface area (Å²) >= 11 is 0. The third-order valence-electron chi connectivity index (χ3n) is 5.37. The molecule has 0 spiro atoms. The molecule has 3 aliphatic heterocycles. The first-order valence-corrected chi connectivity index (χ1v) is 10.7. The number of carbonyl (C=O) groups is 1. The van der Waals surface area contributed by atoms with Crippen LogP contribution in [0.3, 0.4) is 0 Å². The van der Waals surface area contributed by atoms with Gasteiger partial charge in [-0.05, 0) is 36.0 Å². The lowest BCUT2D eigenvalue weighted by Crippen LogP contribution is -2.49. The van der Waals surface area contributed by atoms with Crippen molar-refractivity contribution in [3.63, 3.8) is 0 Å². The van der Waals surface area contributed by atoms with E-state index in [0.29, 0.717) is 14.6 Å². The molecule has 1 aromatic carbocycles. The molecule has 3 unspecified atom stereocenters. The molecule has 4 rings (SSSR count). The minimum Gasteiger partial charge on any atom is -0.388 e. The second kappa shape index (κ2) is 7.90. The fourth-order valence-electron chi connectivity index (χ4n) is 3.86. The summed E-state index contributed by atoms with van der Waals surface area (Å²) in [5.41, 5.74) is 3.88. The highest BCUT2D eigenvalue weighted by Crippen LogP contribution is 2.45. The quantitative estimate of drug-likeness (QED) is 0.541. The Morgan fingerprint density at radius 3 is 3.00 bits per heavy atom. The van der Waals surface area contributed by atoms with Crippen LogP contribution in [0.1, 0.15) is 18.1 Å². The van der Waals surface area contributed by atoms with Crippen LogP contribution in [0.15, 0.2) is 48.3 Å². The van der Waals surface area contributed by atoms with E-state index in [1.165, 1.54) is 6.21 Å². The molecule has 3 N–H and O–H groups in total. The Morgan fingerprint density at radius 1 is 1.39 bits per heavy atom. The van der Waals surface area contributed by atoms with E-state index in [-0.39, 0.29) is 11.7 Å². The zero-order valence-electron chi connectivity index (χ0n) is 16.2. The summed E-state index contributed by atoms with van der Waals surface area (Å²) in [6.07, 6.45) is 9.43. The highest BCUT2D eigenvalue weighted by Gasteiger charge is 2.30. The molecule has 3 aliphatic rings. The molecule has 28 heavy (non-hydrogen) atoms. The molecule has 3 heterocycles. The number of hydrogen-bond acceptors (Lipinski definition) is 5. The van der Waals surface area contributed by atoms with Gasteiger partial charge in [-0.3, -0.25) is 4.79 Å². The van der Waals surface area contributed by atoms with Gasteiger partial charge in [0, 0.05) is 62.5 Å². The summed E-state index contributed by atoms with van der Waals surface area (Å²) in [5.74, 6) is 0.0990. The van der Waals surface area contributed by atoms with Crippen molar-refractivity contribution in [1.29, 1.82) is 5.41 Å². The molecular weight excluding hydrogens is 369 g/mol. The van der Waals surface area contributed by atoms with Crippen molar-refractivity contribution >= 4 is 31.7 Å². The number of amides is 1. The Bertz CT molecular complexity index is 891. The molecule has 7 heteroatoms. The summed E-state index contributed by atoms with van der Waals surface area (Å²) < 4.78 is 0. The number of rotatable bonds is 4. The number of nitrogens with zero attached hydrogens (tertiary/aromatic N) is 2. The van der Waals surface area contributed by atoms with Gasteiger partial charge in [-0.25, -0.2) is 0 Å². The van der Waals surface area contributed by atoms with Gasteiger partial charge >= 0.3 is 0 Å². The average Bonchev–Trinajstić information content (AvgIpc) is 2.73. The van der Waals surface area contributed by atoms with Gasteiger partial charge in [0.1, 0.15) is 0 Å². The van der Waals surface area contributed by atoms with E-state index >= 15 is 0 Å². The van der Waals surface area contributed by atoms with Gasteiger partial charge in [0.05, 0.1) is 11.5 Å². The first kappa shape index (κ1) is 18.9. The highest BCUT2D eigenvalue weighted by atomic mass is 31.1. The number of benzene rings is 1. The topological polar surface area (TPSA) is 71.5 Å². The lowest BCUT2D eigenvalue weighted by atomic mass is 10.1. The maximum absolute atomic E-state index is 12.9. The monoisotopic (exact) mass is 395 g/mol. The first-order valence-electron chi connectivity index (χ1n) is 9.60. The SMILES string of the molecule is CNc1ccc(C2=CC(=O)N3C=C(N4CCNC(C)C4)C=CC3P2)cc1C=N. The van der Waals surface area contributed by atoms with Gasteiger partial charge in [0.25, 0.3) is 5.91 Å². The standard InChI is InChI=1S/C21H26N5OP/c1-14-12-25(8-7-24-14)17-4-6-21-26(13-17)20(27)10-19(28-21)15-3-5-18(23-2)16(9-15)11-22/h3-6,9-11,13-14,21-24,28H,7-8,12H2,1-2H3. The Morgan fingerprint density at radius 2 is 2.25 bits per heavy atom. The van der Waals surface area contributed by atoms with Crippen LogP contribution < -0.4 is 10.6 Å². The van der Waals surface area contributed by atoms with Crippen molar-refractivity contribution in [2.75, 3.05) is 32.0 Å². The molecule has 0 aliphatic carbocycles. The van der Waals surface area contributed by atoms with E-state index < -0.39 is 0 Å². The van der Waals surface area contributed by atoms with Gasteiger partial charge in [-0.2, -0.15) is 0 Å². The average molecular weight is 395 g/mol. The van der Waals surface area contributed by atoms with Crippen LogP contribution in [0, 0.1) is 5.41 Å². The smallest absolute Gasteiger partial charge is 0.252 e. The lowest BCUT2D eigenvalue weighted by molar-refractivity contribution is -0.123. The van der Waals surface area contributed by atoms with Crippen LogP contribution in [0.2, 0.25) is 0 Å². The summed E-state index contributed by atoms with van der Waals surface area (Å²) in [5, 5.41) is 15.2. The van der Waals surface area contributed by atoms with E-state index in [9.17, 15) is 4.79 Å². The Kier molecular flexibility index (Phi) is 5.33. The number of allylic oxidation sites excluding steroid dienone is 1. The van der Waals surface area contributed by atoms with Crippen molar-refractivity contribution in [1.82, 2.24) is 15.1 Å². The van der Waals surface area contributed by atoms with E-state index in [1.54, 1.807) is 6.08 Å². The maximum atomic E-state index is 12.9. The van der Waals surface area contributed by atoms with Crippen molar-refractivity contribution < 1.29 is 4.79 Å². The molecule has 1 aromatic rings. The molecule has 6 nitrogen and oxygen atoms in total. The van der Waals surface area contributed by atoms with Gasteiger partial charge in [-0.1, -0.05) is 20.7 Å². The number of fused-ring (bicyclic) bond motifs is 1. The van der Waals surface area contributed by atoms with Crippen molar-refractivity contribution in [2.24, 2.45) is 0 Å². The maximum Gasteiger partial charge on any atom is 0.252 e. The van der Waals surface area contributed by atoms with E-state index in [4.69, 9.17) is 5.41 Å². The summed E-state index contributed by atoms with van der Waals surface area (Å²) in [4.78, 5) is 17.1. The van der Waals surface area contributed by atoms with Crippen molar-refractivity contribution in [2.45, 2.75) is 18.7 Å². The number of anilines is 1. The van der Waals surface area contributed by atoms with Crippen LogP contribution >= 0.6 is 8.58 Å². The van der Waals surface area contributed by atoms with Crippen molar-refractivity contribution in [3.05, 3.63) is 59.5 Å².